The maximum atomic E-state index is 13.8. The van der Waals surface area contributed by atoms with Crippen LogP contribution in [0.25, 0.3) is 0 Å². The highest BCUT2D eigenvalue weighted by Crippen LogP contribution is 2.40. The lowest BCUT2D eigenvalue weighted by molar-refractivity contribution is 0.499. The molecule has 2 aromatic rings. The Bertz CT molecular complexity index is 730. The van der Waals surface area contributed by atoms with Gasteiger partial charge < -0.3 is 10.6 Å². The van der Waals surface area contributed by atoms with Crippen molar-refractivity contribution >= 4 is 17.5 Å². The summed E-state index contributed by atoms with van der Waals surface area (Å²) >= 11 is 0. The Balaban J connectivity index is 1.96. The minimum absolute atomic E-state index is 0.111. The zero-order valence-electron chi connectivity index (χ0n) is 12.8. The number of nitrogens with one attached hydrogen (secondary N) is 2. The van der Waals surface area contributed by atoms with E-state index in [1.54, 1.807) is 6.07 Å². The lowest BCUT2D eigenvalue weighted by atomic mass is 10.2. The van der Waals surface area contributed by atoms with Crippen LogP contribution in [-0.2, 0) is 0 Å². The van der Waals surface area contributed by atoms with E-state index in [2.05, 4.69) is 20.6 Å². The number of rotatable bonds is 5. The molecule has 3 rings (SSSR count). The largest absolute Gasteiger partial charge is 0.352 e. The summed E-state index contributed by atoms with van der Waals surface area (Å²) in [5.41, 5.74) is 0.254. The molecule has 1 aliphatic rings. The van der Waals surface area contributed by atoms with E-state index in [0.717, 1.165) is 30.7 Å². The van der Waals surface area contributed by atoms with Gasteiger partial charge in [0, 0.05) is 18.0 Å². The van der Waals surface area contributed by atoms with Crippen LogP contribution in [-0.4, -0.2) is 16.0 Å². The molecule has 1 saturated carbocycles. The molecular formula is C16H17F3N4. The third-order valence-corrected chi connectivity index (χ3v) is 3.46. The molecule has 122 valence electrons. The maximum absolute atomic E-state index is 13.8. The number of hydrogen-bond donors (Lipinski definition) is 2. The summed E-state index contributed by atoms with van der Waals surface area (Å²) in [5, 5.41) is 5.61. The fraction of sp³-hybridized carbons (Fsp3) is 0.375. The van der Waals surface area contributed by atoms with Gasteiger partial charge in [-0.05, 0) is 38.8 Å². The van der Waals surface area contributed by atoms with Gasteiger partial charge in [-0.15, -0.1) is 0 Å². The van der Waals surface area contributed by atoms with Crippen molar-refractivity contribution in [1.29, 1.82) is 0 Å². The van der Waals surface area contributed by atoms with Gasteiger partial charge in [0.2, 0.25) is 5.95 Å². The molecule has 23 heavy (non-hydrogen) atoms. The van der Waals surface area contributed by atoms with E-state index in [1.165, 1.54) is 0 Å². The molecule has 0 amide bonds. The molecule has 4 nitrogen and oxygen atoms in total. The van der Waals surface area contributed by atoms with Gasteiger partial charge in [-0.3, -0.25) is 0 Å². The van der Waals surface area contributed by atoms with Crippen molar-refractivity contribution in [3.8, 4) is 0 Å². The first-order chi connectivity index (χ1) is 10.9. The Kier molecular flexibility index (Phi) is 4.11. The molecule has 1 aromatic carbocycles. The summed E-state index contributed by atoms with van der Waals surface area (Å²) < 4.78 is 40.9. The van der Waals surface area contributed by atoms with E-state index in [1.807, 2.05) is 13.8 Å². The Morgan fingerprint density at radius 1 is 1.09 bits per heavy atom. The molecule has 0 bridgehead atoms. The maximum Gasteiger partial charge on any atom is 0.225 e. The number of benzene rings is 1. The smallest absolute Gasteiger partial charge is 0.225 e. The first-order valence-electron chi connectivity index (χ1n) is 7.50. The van der Waals surface area contributed by atoms with Crippen LogP contribution in [0.1, 0.15) is 38.3 Å². The molecular weight excluding hydrogens is 305 g/mol. The molecule has 1 aromatic heterocycles. The second kappa shape index (κ2) is 6.06. The molecule has 0 saturated heterocycles. The van der Waals surface area contributed by atoms with Gasteiger partial charge in [0.05, 0.1) is 5.69 Å². The lowest BCUT2D eigenvalue weighted by Crippen LogP contribution is -2.14. The zero-order valence-corrected chi connectivity index (χ0v) is 12.8. The van der Waals surface area contributed by atoms with Gasteiger partial charge in [-0.25, -0.2) is 18.2 Å². The molecule has 0 atom stereocenters. The molecule has 2 N–H and O–H groups in total. The average Bonchev–Trinajstić information content (AvgIpc) is 3.31. The minimum atomic E-state index is -1.27. The van der Waals surface area contributed by atoms with Gasteiger partial charge in [0.15, 0.2) is 11.6 Å². The van der Waals surface area contributed by atoms with E-state index in [0.29, 0.717) is 11.9 Å². The van der Waals surface area contributed by atoms with Crippen molar-refractivity contribution < 1.29 is 13.2 Å². The number of halogens is 3. The topological polar surface area (TPSA) is 49.8 Å². The summed E-state index contributed by atoms with van der Waals surface area (Å²) in [6.45, 7) is 3.87. The normalized spacial score (nSPS) is 14.2. The molecule has 1 aliphatic carbocycles. The van der Waals surface area contributed by atoms with Crippen molar-refractivity contribution in [1.82, 2.24) is 9.97 Å². The molecule has 1 heterocycles. The van der Waals surface area contributed by atoms with Crippen molar-refractivity contribution in [3.05, 3.63) is 41.3 Å². The van der Waals surface area contributed by atoms with Crippen molar-refractivity contribution in [3.63, 3.8) is 0 Å². The predicted molar refractivity (Wildman–Crippen MR) is 82.4 cm³/mol. The highest BCUT2D eigenvalue weighted by molar-refractivity contribution is 5.59. The summed E-state index contributed by atoms with van der Waals surface area (Å²) in [7, 11) is 0. The summed E-state index contributed by atoms with van der Waals surface area (Å²) in [4.78, 5) is 8.62. The Morgan fingerprint density at radius 2 is 1.78 bits per heavy atom. The zero-order chi connectivity index (χ0) is 16.6. The van der Waals surface area contributed by atoms with E-state index in [4.69, 9.17) is 0 Å². The second-order valence-electron chi connectivity index (χ2n) is 5.92. The van der Waals surface area contributed by atoms with Crippen molar-refractivity contribution in [2.45, 2.75) is 38.6 Å². The van der Waals surface area contributed by atoms with Gasteiger partial charge in [-0.1, -0.05) is 0 Å². The van der Waals surface area contributed by atoms with Crippen LogP contribution in [0.15, 0.2) is 18.2 Å². The monoisotopic (exact) mass is 322 g/mol. The molecule has 0 radical (unpaired) electrons. The van der Waals surface area contributed by atoms with Crippen LogP contribution in [0, 0.1) is 17.5 Å². The first kappa shape index (κ1) is 15.6. The van der Waals surface area contributed by atoms with Gasteiger partial charge >= 0.3 is 0 Å². The highest BCUT2D eigenvalue weighted by Gasteiger charge is 2.26. The van der Waals surface area contributed by atoms with Crippen molar-refractivity contribution in [2.75, 3.05) is 10.6 Å². The van der Waals surface area contributed by atoms with E-state index in [-0.39, 0.29) is 11.9 Å². The van der Waals surface area contributed by atoms with Gasteiger partial charge in [-0.2, -0.15) is 4.98 Å². The Labute approximate surface area is 132 Å². The quantitative estimate of drug-likeness (QED) is 0.804. The first-order valence-corrected chi connectivity index (χ1v) is 7.50. The van der Waals surface area contributed by atoms with Crippen LogP contribution < -0.4 is 10.6 Å². The number of aromatic nitrogens is 2. The van der Waals surface area contributed by atoms with Crippen LogP contribution in [0.3, 0.4) is 0 Å². The fourth-order valence-electron chi connectivity index (χ4n) is 2.21. The molecule has 1 fully saturated rings. The fourth-order valence-corrected chi connectivity index (χ4v) is 2.21. The summed E-state index contributed by atoms with van der Waals surface area (Å²) in [5.74, 6) is -2.32. The third kappa shape index (κ3) is 3.55. The second-order valence-corrected chi connectivity index (χ2v) is 5.92. The number of nitrogens with zero attached hydrogens (tertiary/aromatic N) is 2. The molecule has 0 spiro atoms. The standard InChI is InChI=1S/C16H17F3N4/c1-8(2)20-16-21-12(9-3-4-9)7-13(23-16)22-15-11(18)6-5-10(17)14(15)19/h5-9H,3-4H2,1-2H3,(H2,20,21,22,23). The predicted octanol–water partition coefficient (Wildman–Crippen LogP) is 4.34. The van der Waals surface area contributed by atoms with E-state index >= 15 is 0 Å². The molecule has 0 unspecified atom stereocenters. The number of hydrogen-bond acceptors (Lipinski definition) is 4. The molecule has 7 heteroatoms. The lowest BCUT2D eigenvalue weighted by Gasteiger charge is -2.13. The van der Waals surface area contributed by atoms with Crippen LogP contribution in [0.5, 0.6) is 0 Å². The summed E-state index contributed by atoms with van der Waals surface area (Å²) in [6, 6.07) is 3.38. The average molecular weight is 322 g/mol. The highest BCUT2D eigenvalue weighted by atomic mass is 19.2. The van der Waals surface area contributed by atoms with E-state index < -0.39 is 23.1 Å². The van der Waals surface area contributed by atoms with Crippen LogP contribution in [0.4, 0.5) is 30.6 Å². The molecule has 0 aliphatic heterocycles. The minimum Gasteiger partial charge on any atom is -0.352 e. The van der Waals surface area contributed by atoms with Gasteiger partial charge in [0.25, 0.3) is 0 Å². The van der Waals surface area contributed by atoms with Crippen molar-refractivity contribution in [2.24, 2.45) is 0 Å². The number of anilines is 3. The Morgan fingerprint density at radius 3 is 2.43 bits per heavy atom. The van der Waals surface area contributed by atoms with Crippen LogP contribution >= 0.6 is 0 Å². The van der Waals surface area contributed by atoms with Crippen LogP contribution in [0.2, 0.25) is 0 Å². The third-order valence-electron chi connectivity index (χ3n) is 3.46. The van der Waals surface area contributed by atoms with Gasteiger partial charge in [0.1, 0.15) is 17.3 Å². The SMILES string of the molecule is CC(C)Nc1nc(Nc2c(F)ccc(F)c2F)cc(C2CC2)n1. The summed E-state index contributed by atoms with van der Waals surface area (Å²) in [6.07, 6.45) is 2.06. The Hall–Kier alpha value is -2.31. The van der Waals surface area contributed by atoms with E-state index in [9.17, 15) is 13.2 Å².